The quantitative estimate of drug-likeness (QED) is 0.867. The molecule has 0 spiro atoms. The van der Waals surface area contributed by atoms with E-state index in [1.54, 1.807) is 12.3 Å². The SMILES string of the molecule is NC(=O)c1cncc(OCc2ccccc2)c1. The molecule has 1 amide bonds. The molecule has 0 atom stereocenters. The zero-order valence-corrected chi connectivity index (χ0v) is 9.17. The molecule has 2 rings (SSSR count). The van der Waals surface area contributed by atoms with E-state index in [0.29, 0.717) is 17.9 Å². The Morgan fingerprint density at radius 1 is 1.24 bits per heavy atom. The first-order chi connectivity index (χ1) is 8.25. The van der Waals surface area contributed by atoms with Crippen LogP contribution in [0.2, 0.25) is 0 Å². The fraction of sp³-hybridized carbons (Fsp3) is 0.0769. The van der Waals surface area contributed by atoms with Gasteiger partial charge in [0.2, 0.25) is 5.91 Å². The van der Waals surface area contributed by atoms with E-state index in [-0.39, 0.29) is 0 Å². The van der Waals surface area contributed by atoms with Crippen LogP contribution < -0.4 is 10.5 Å². The van der Waals surface area contributed by atoms with Crippen molar-refractivity contribution in [1.29, 1.82) is 0 Å². The molecule has 17 heavy (non-hydrogen) atoms. The van der Waals surface area contributed by atoms with Gasteiger partial charge in [0.05, 0.1) is 11.8 Å². The molecular weight excluding hydrogens is 216 g/mol. The average Bonchev–Trinajstić information content (AvgIpc) is 2.38. The van der Waals surface area contributed by atoms with E-state index < -0.39 is 5.91 Å². The molecule has 0 bridgehead atoms. The number of rotatable bonds is 4. The summed E-state index contributed by atoms with van der Waals surface area (Å²) in [6.07, 6.45) is 2.97. The van der Waals surface area contributed by atoms with E-state index in [1.165, 1.54) is 6.20 Å². The third-order valence-electron chi connectivity index (χ3n) is 2.25. The molecule has 0 aliphatic rings. The number of nitrogens with two attached hydrogens (primary N) is 1. The van der Waals surface area contributed by atoms with Gasteiger partial charge >= 0.3 is 0 Å². The Kier molecular flexibility index (Phi) is 3.35. The summed E-state index contributed by atoms with van der Waals surface area (Å²) < 4.78 is 5.51. The fourth-order valence-electron chi connectivity index (χ4n) is 1.37. The van der Waals surface area contributed by atoms with Crippen molar-refractivity contribution in [2.24, 2.45) is 5.73 Å². The maximum Gasteiger partial charge on any atom is 0.250 e. The highest BCUT2D eigenvalue weighted by molar-refractivity contribution is 5.92. The summed E-state index contributed by atoms with van der Waals surface area (Å²) >= 11 is 0. The van der Waals surface area contributed by atoms with E-state index in [4.69, 9.17) is 10.5 Å². The molecule has 2 N–H and O–H groups in total. The van der Waals surface area contributed by atoms with Gasteiger partial charge in [0.15, 0.2) is 0 Å². The number of hydrogen-bond donors (Lipinski definition) is 1. The maximum absolute atomic E-state index is 11.0. The van der Waals surface area contributed by atoms with Crippen molar-refractivity contribution in [1.82, 2.24) is 4.98 Å². The molecule has 1 heterocycles. The van der Waals surface area contributed by atoms with Gasteiger partial charge in [-0.05, 0) is 11.6 Å². The summed E-state index contributed by atoms with van der Waals surface area (Å²) in [5.41, 5.74) is 6.55. The van der Waals surface area contributed by atoms with Crippen LogP contribution >= 0.6 is 0 Å². The standard InChI is InChI=1S/C13H12N2O2/c14-13(16)11-6-12(8-15-7-11)17-9-10-4-2-1-3-5-10/h1-8H,9H2,(H2,14,16). The lowest BCUT2D eigenvalue weighted by Gasteiger charge is -2.06. The Morgan fingerprint density at radius 3 is 2.71 bits per heavy atom. The molecule has 1 aromatic carbocycles. The zero-order chi connectivity index (χ0) is 12.1. The first-order valence-corrected chi connectivity index (χ1v) is 5.17. The second-order valence-electron chi connectivity index (χ2n) is 3.55. The monoisotopic (exact) mass is 228 g/mol. The lowest BCUT2D eigenvalue weighted by Crippen LogP contribution is -2.11. The molecule has 0 saturated carbocycles. The van der Waals surface area contributed by atoms with E-state index in [2.05, 4.69) is 4.98 Å². The molecule has 4 nitrogen and oxygen atoms in total. The Hall–Kier alpha value is -2.36. The number of carbonyl (C=O) groups excluding carboxylic acids is 1. The average molecular weight is 228 g/mol. The van der Waals surface area contributed by atoms with Crippen LogP contribution in [-0.4, -0.2) is 10.9 Å². The van der Waals surface area contributed by atoms with Crippen LogP contribution in [0.1, 0.15) is 15.9 Å². The van der Waals surface area contributed by atoms with Crippen LogP contribution in [-0.2, 0) is 6.61 Å². The number of carbonyl (C=O) groups is 1. The smallest absolute Gasteiger partial charge is 0.250 e. The Balaban J connectivity index is 2.04. The summed E-state index contributed by atoms with van der Waals surface area (Å²) in [4.78, 5) is 14.8. The van der Waals surface area contributed by atoms with E-state index in [0.717, 1.165) is 5.56 Å². The van der Waals surface area contributed by atoms with Crippen molar-refractivity contribution in [2.45, 2.75) is 6.61 Å². The van der Waals surface area contributed by atoms with E-state index in [9.17, 15) is 4.79 Å². The summed E-state index contributed by atoms with van der Waals surface area (Å²) in [7, 11) is 0. The van der Waals surface area contributed by atoms with Crippen molar-refractivity contribution in [3.63, 3.8) is 0 Å². The molecule has 0 aliphatic heterocycles. The number of benzene rings is 1. The lowest BCUT2D eigenvalue weighted by molar-refractivity contribution is 0.0999. The van der Waals surface area contributed by atoms with E-state index >= 15 is 0 Å². The highest BCUT2D eigenvalue weighted by Gasteiger charge is 2.03. The molecule has 0 saturated heterocycles. The first-order valence-electron chi connectivity index (χ1n) is 5.17. The largest absolute Gasteiger partial charge is 0.487 e. The number of ether oxygens (including phenoxy) is 1. The van der Waals surface area contributed by atoms with Crippen molar-refractivity contribution in [2.75, 3.05) is 0 Å². The lowest BCUT2D eigenvalue weighted by atomic mass is 10.2. The highest BCUT2D eigenvalue weighted by Crippen LogP contribution is 2.13. The topological polar surface area (TPSA) is 65.2 Å². The third-order valence-corrected chi connectivity index (χ3v) is 2.25. The summed E-state index contributed by atoms with van der Waals surface area (Å²) in [6.45, 7) is 0.435. The highest BCUT2D eigenvalue weighted by atomic mass is 16.5. The third kappa shape index (κ3) is 3.04. The molecule has 0 aliphatic carbocycles. The van der Waals surface area contributed by atoms with Crippen molar-refractivity contribution in [3.05, 3.63) is 59.9 Å². The van der Waals surface area contributed by atoms with Gasteiger partial charge in [-0.15, -0.1) is 0 Å². The minimum absolute atomic E-state index is 0.343. The van der Waals surface area contributed by atoms with Gasteiger partial charge in [0, 0.05) is 6.20 Å². The second kappa shape index (κ2) is 5.12. The minimum atomic E-state index is -0.511. The Bertz CT molecular complexity index is 512. The number of nitrogens with zero attached hydrogens (tertiary/aromatic N) is 1. The molecule has 86 valence electrons. The van der Waals surface area contributed by atoms with Gasteiger partial charge < -0.3 is 10.5 Å². The zero-order valence-electron chi connectivity index (χ0n) is 9.17. The minimum Gasteiger partial charge on any atom is -0.487 e. The number of amides is 1. The van der Waals surface area contributed by atoms with Gasteiger partial charge in [0.1, 0.15) is 12.4 Å². The van der Waals surface area contributed by atoms with Gasteiger partial charge in [0.25, 0.3) is 0 Å². The second-order valence-corrected chi connectivity index (χ2v) is 3.55. The van der Waals surface area contributed by atoms with Crippen molar-refractivity contribution < 1.29 is 9.53 Å². The van der Waals surface area contributed by atoms with E-state index in [1.807, 2.05) is 30.3 Å². The van der Waals surface area contributed by atoms with Crippen LogP contribution in [0.4, 0.5) is 0 Å². The van der Waals surface area contributed by atoms with Gasteiger partial charge in [-0.1, -0.05) is 30.3 Å². The summed E-state index contributed by atoms with van der Waals surface area (Å²) in [6, 6.07) is 11.3. The summed E-state index contributed by atoms with van der Waals surface area (Å²) in [5.74, 6) is 0.0211. The fourth-order valence-corrected chi connectivity index (χ4v) is 1.37. The van der Waals surface area contributed by atoms with Crippen molar-refractivity contribution in [3.8, 4) is 5.75 Å². The maximum atomic E-state index is 11.0. The molecule has 0 fully saturated rings. The van der Waals surface area contributed by atoms with Crippen LogP contribution in [0.5, 0.6) is 5.75 Å². The van der Waals surface area contributed by atoms with Gasteiger partial charge in [-0.25, -0.2) is 0 Å². The van der Waals surface area contributed by atoms with Crippen LogP contribution in [0.15, 0.2) is 48.8 Å². The van der Waals surface area contributed by atoms with Crippen LogP contribution in [0.3, 0.4) is 0 Å². The predicted octanol–water partition coefficient (Wildman–Crippen LogP) is 1.76. The molecule has 1 aromatic heterocycles. The molecule has 2 aromatic rings. The Morgan fingerprint density at radius 2 is 2.00 bits per heavy atom. The molecule has 4 heteroatoms. The molecular formula is C13H12N2O2. The van der Waals surface area contributed by atoms with Crippen LogP contribution in [0, 0.1) is 0 Å². The van der Waals surface area contributed by atoms with Crippen molar-refractivity contribution >= 4 is 5.91 Å². The van der Waals surface area contributed by atoms with Gasteiger partial charge in [-0.2, -0.15) is 0 Å². The summed E-state index contributed by atoms with van der Waals surface area (Å²) in [5, 5.41) is 0. The number of hydrogen-bond acceptors (Lipinski definition) is 3. The Labute approximate surface area is 99.1 Å². The number of primary amides is 1. The number of aromatic nitrogens is 1. The predicted molar refractivity (Wildman–Crippen MR) is 63.5 cm³/mol. The normalized spacial score (nSPS) is 9.88. The number of pyridine rings is 1. The first kappa shape index (κ1) is 11.1. The molecule has 0 unspecified atom stereocenters. The molecule has 0 radical (unpaired) electrons. The van der Waals surface area contributed by atoms with Crippen LogP contribution in [0.25, 0.3) is 0 Å². The van der Waals surface area contributed by atoms with Gasteiger partial charge in [-0.3, -0.25) is 9.78 Å².